The minimum absolute atomic E-state index is 0.119. The Morgan fingerprint density at radius 1 is 1.59 bits per heavy atom. The van der Waals surface area contributed by atoms with Gasteiger partial charge in [0, 0.05) is 6.54 Å². The normalized spacial score (nSPS) is 12.2. The molecule has 0 amide bonds. The van der Waals surface area contributed by atoms with Crippen LogP contribution in [0.4, 0.5) is 10.1 Å². The zero-order valence-electron chi connectivity index (χ0n) is 9.55. The maximum atomic E-state index is 13.3. The second-order valence-electron chi connectivity index (χ2n) is 3.64. The second-order valence-corrected chi connectivity index (χ2v) is 4.05. The summed E-state index contributed by atoms with van der Waals surface area (Å²) < 4.78 is 13.3. The number of hydrogen-bond acceptors (Lipinski definition) is 3. The molecule has 0 saturated carbocycles. The van der Waals surface area contributed by atoms with Gasteiger partial charge < -0.3 is 15.7 Å². The van der Waals surface area contributed by atoms with Crippen molar-refractivity contribution in [2.75, 3.05) is 18.9 Å². The molecule has 1 atom stereocenters. The van der Waals surface area contributed by atoms with E-state index >= 15 is 0 Å². The number of aliphatic carboxylic acids is 1. The summed E-state index contributed by atoms with van der Waals surface area (Å²) in [5, 5.41) is 14.6. The second kappa shape index (κ2) is 5.84. The first-order chi connectivity index (χ1) is 7.95. The SMILES string of the molecule is CNC(CNc1cc(F)c(C)cc1Cl)C(=O)O. The molecule has 1 aromatic carbocycles. The van der Waals surface area contributed by atoms with Gasteiger partial charge in [-0.15, -0.1) is 0 Å². The smallest absolute Gasteiger partial charge is 0.322 e. The Bertz CT molecular complexity index is 426. The van der Waals surface area contributed by atoms with Crippen LogP contribution in [-0.2, 0) is 4.79 Å². The predicted molar refractivity (Wildman–Crippen MR) is 65.1 cm³/mol. The number of anilines is 1. The maximum Gasteiger partial charge on any atom is 0.322 e. The van der Waals surface area contributed by atoms with Gasteiger partial charge in [-0.05, 0) is 31.7 Å². The molecule has 0 fully saturated rings. The van der Waals surface area contributed by atoms with Gasteiger partial charge >= 0.3 is 5.97 Å². The number of hydrogen-bond donors (Lipinski definition) is 3. The van der Waals surface area contributed by atoms with Gasteiger partial charge in [0.05, 0.1) is 10.7 Å². The van der Waals surface area contributed by atoms with E-state index in [1.807, 2.05) is 0 Å². The first-order valence-electron chi connectivity index (χ1n) is 5.05. The molecule has 6 heteroatoms. The van der Waals surface area contributed by atoms with Gasteiger partial charge in [0.1, 0.15) is 11.9 Å². The number of aryl methyl sites for hydroxylation is 1. The van der Waals surface area contributed by atoms with Crippen LogP contribution in [0.5, 0.6) is 0 Å². The first-order valence-corrected chi connectivity index (χ1v) is 5.43. The summed E-state index contributed by atoms with van der Waals surface area (Å²) in [6.07, 6.45) is 0. The molecule has 94 valence electrons. The van der Waals surface area contributed by atoms with Gasteiger partial charge in [-0.2, -0.15) is 0 Å². The lowest BCUT2D eigenvalue weighted by Crippen LogP contribution is -2.39. The zero-order chi connectivity index (χ0) is 13.0. The van der Waals surface area contributed by atoms with E-state index < -0.39 is 12.0 Å². The third-order valence-corrected chi connectivity index (χ3v) is 2.70. The molecular weight excluding hydrogens is 247 g/mol. The van der Waals surface area contributed by atoms with Crippen molar-refractivity contribution in [1.29, 1.82) is 0 Å². The number of rotatable bonds is 5. The number of likely N-dealkylation sites (N-methyl/N-ethyl adjacent to an activating group) is 1. The highest BCUT2D eigenvalue weighted by molar-refractivity contribution is 6.33. The van der Waals surface area contributed by atoms with Crippen LogP contribution in [0, 0.1) is 12.7 Å². The van der Waals surface area contributed by atoms with Crippen LogP contribution < -0.4 is 10.6 Å². The van der Waals surface area contributed by atoms with Crippen molar-refractivity contribution in [1.82, 2.24) is 5.32 Å². The van der Waals surface area contributed by atoms with E-state index in [-0.39, 0.29) is 12.4 Å². The van der Waals surface area contributed by atoms with Crippen LogP contribution in [0.2, 0.25) is 5.02 Å². The summed E-state index contributed by atoms with van der Waals surface area (Å²) >= 11 is 5.91. The largest absolute Gasteiger partial charge is 0.480 e. The Kier molecular flexibility index (Phi) is 4.72. The fourth-order valence-electron chi connectivity index (χ4n) is 1.31. The molecule has 0 heterocycles. The predicted octanol–water partition coefficient (Wildman–Crippen LogP) is 1.87. The Labute approximate surface area is 104 Å². The van der Waals surface area contributed by atoms with Crippen LogP contribution in [0.1, 0.15) is 5.56 Å². The summed E-state index contributed by atoms with van der Waals surface area (Å²) in [5.41, 5.74) is 0.834. The molecule has 3 N–H and O–H groups in total. The van der Waals surface area contributed by atoms with E-state index in [9.17, 15) is 9.18 Å². The van der Waals surface area contributed by atoms with E-state index in [4.69, 9.17) is 16.7 Å². The van der Waals surface area contributed by atoms with Crippen molar-refractivity contribution in [3.8, 4) is 0 Å². The van der Waals surface area contributed by atoms with Gasteiger partial charge in [-0.25, -0.2) is 4.39 Å². The number of nitrogens with one attached hydrogen (secondary N) is 2. The van der Waals surface area contributed by atoms with Crippen molar-refractivity contribution in [2.24, 2.45) is 0 Å². The third-order valence-electron chi connectivity index (χ3n) is 2.39. The van der Waals surface area contributed by atoms with Crippen LogP contribution >= 0.6 is 11.6 Å². The van der Waals surface area contributed by atoms with E-state index in [0.717, 1.165) is 0 Å². The number of benzene rings is 1. The van der Waals surface area contributed by atoms with Crippen molar-refractivity contribution >= 4 is 23.3 Å². The zero-order valence-corrected chi connectivity index (χ0v) is 10.3. The highest BCUT2D eigenvalue weighted by Crippen LogP contribution is 2.24. The van der Waals surface area contributed by atoms with Crippen molar-refractivity contribution in [3.63, 3.8) is 0 Å². The summed E-state index contributed by atoms with van der Waals surface area (Å²) in [6, 6.07) is 2.00. The van der Waals surface area contributed by atoms with Crippen LogP contribution in [0.25, 0.3) is 0 Å². The standard InChI is InChI=1S/C11H14ClFN2O2/c1-6-3-7(12)9(4-8(6)13)15-5-10(14-2)11(16)17/h3-4,10,14-15H,5H2,1-2H3,(H,16,17). The van der Waals surface area contributed by atoms with Crippen molar-refractivity contribution in [2.45, 2.75) is 13.0 Å². The van der Waals surface area contributed by atoms with Crippen molar-refractivity contribution < 1.29 is 14.3 Å². The van der Waals surface area contributed by atoms with E-state index in [0.29, 0.717) is 16.3 Å². The molecule has 0 spiro atoms. The molecule has 17 heavy (non-hydrogen) atoms. The lowest BCUT2D eigenvalue weighted by molar-refractivity contribution is -0.138. The molecule has 0 aromatic heterocycles. The molecule has 0 aliphatic heterocycles. The molecule has 0 bridgehead atoms. The fraction of sp³-hybridized carbons (Fsp3) is 0.364. The Balaban J connectivity index is 2.75. The molecule has 1 unspecified atom stereocenters. The minimum Gasteiger partial charge on any atom is -0.480 e. The molecule has 4 nitrogen and oxygen atoms in total. The maximum absolute atomic E-state index is 13.3. The fourth-order valence-corrected chi connectivity index (χ4v) is 1.59. The lowest BCUT2D eigenvalue weighted by Gasteiger charge is -2.14. The molecule has 0 radical (unpaired) electrons. The Morgan fingerprint density at radius 2 is 2.24 bits per heavy atom. The van der Waals surface area contributed by atoms with E-state index in [1.165, 1.54) is 19.2 Å². The lowest BCUT2D eigenvalue weighted by atomic mass is 10.2. The number of halogens is 2. The molecule has 1 aromatic rings. The first kappa shape index (κ1) is 13.7. The van der Waals surface area contributed by atoms with Gasteiger partial charge in [0.2, 0.25) is 0 Å². The number of carbonyl (C=O) groups is 1. The third kappa shape index (κ3) is 3.57. The average Bonchev–Trinajstić information content (AvgIpc) is 2.25. The van der Waals surface area contributed by atoms with Crippen LogP contribution in [0.3, 0.4) is 0 Å². The van der Waals surface area contributed by atoms with Gasteiger partial charge in [0.15, 0.2) is 0 Å². The number of carboxylic acids is 1. The van der Waals surface area contributed by atoms with Crippen molar-refractivity contribution in [3.05, 3.63) is 28.5 Å². The summed E-state index contributed by atoms with van der Waals surface area (Å²) in [7, 11) is 1.54. The average molecular weight is 261 g/mol. The van der Waals surface area contributed by atoms with Gasteiger partial charge in [0.25, 0.3) is 0 Å². The Morgan fingerprint density at radius 3 is 2.76 bits per heavy atom. The summed E-state index contributed by atoms with van der Waals surface area (Å²) in [4.78, 5) is 10.7. The summed E-state index contributed by atoms with van der Waals surface area (Å²) in [5.74, 6) is -1.36. The quantitative estimate of drug-likeness (QED) is 0.756. The molecular formula is C11H14ClFN2O2. The summed E-state index contributed by atoms with van der Waals surface area (Å²) in [6.45, 7) is 1.73. The van der Waals surface area contributed by atoms with Crippen LogP contribution in [-0.4, -0.2) is 30.7 Å². The van der Waals surface area contributed by atoms with Gasteiger partial charge in [-0.1, -0.05) is 11.6 Å². The topological polar surface area (TPSA) is 61.4 Å². The monoisotopic (exact) mass is 260 g/mol. The highest BCUT2D eigenvalue weighted by atomic mass is 35.5. The molecule has 0 aliphatic rings. The van der Waals surface area contributed by atoms with Gasteiger partial charge in [-0.3, -0.25) is 4.79 Å². The molecule has 0 aliphatic carbocycles. The molecule has 1 rings (SSSR count). The number of carboxylic acid groups (broad SMARTS) is 1. The van der Waals surface area contributed by atoms with E-state index in [2.05, 4.69) is 10.6 Å². The molecule has 0 saturated heterocycles. The minimum atomic E-state index is -0.983. The highest BCUT2D eigenvalue weighted by Gasteiger charge is 2.15. The Hall–Kier alpha value is -1.33. The van der Waals surface area contributed by atoms with Crippen LogP contribution in [0.15, 0.2) is 12.1 Å². The van der Waals surface area contributed by atoms with E-state index in [1.54, 1.807) is 6.92 Å².